The average Bonchev–Trinajstić information content (AvgIpc) is 3.49. The molecule has 0 bridgehead atoms. The second kappa shape index (κ2) is 8.07. The summed E-state index contributed by atoms with van der Waals surface area (Å²) >= 11 is 1.48. The van der Waals surface area contributed by atoms with Crippen LogP contribution >= 0.6 is 11.3 Å². The lowest BCUT2D eigenvalue weighted by Gasteiger charge is -2.35. The van der Waals surface area contributed by atoms with E-state index < -0.39 is 0 Å². The third-order valence-electron chi connectivity index (χ3n) is 6.18. The lowest BCUT2D eigenvalue weighted by Crippen LogP contribution is -2.45. The molecule has 3 aromatic rings. The summed E-state index contributed by atoms with van der Waals surface area (Å²) in [7, 11) is 0. The maximum atomic E-state index is 13.0. The van der Waals surface area contributed by atoms with E-state index in [1.807, 2.05) is 39.6 Å². The van der Waals surface area contributed by atoms with Crippen molar-refractivity contribution in [2.24, 2.45) is 5.92 Å². The summed E-state index contributed by atoms with van der Waals surface area (Å²) in [5, 5.41) is 3.06. The van der Waals surface area contributed by atoms with Crippen molar-refractivity contribution in [2.75, 3.05) is 26.2 Å². The summed E-state index contributed by atoms with van der Waals surface area (Å²) in [6.07, 6.45) is 8.32. The molecule has 2 amide bonds. The fourth-order valence-electron chi connectivity index (χ4n) is 4.48. The monoisotopic (exact) mass is 420 g/mol. The number of nitrogens with one attached hydrogen (secondary N) is 1. The highest BCUT2D eigenvalue weighted by Crippen LogP contribution is 2.30. The van der Waals surface area contributed by atoms with Gasteiger partial charge in [-0.2, -0.15) is 0 Å². The van der Waals surface area contributed by atoms with Gasteiger partial charge in [0.05, 0.1) is 4.88 Å². The maximum Gasteiger partial charge on any atom is 0.263 e. The number of pyridine rings is 1. The molecule has 0 unspecified atom stereocenters. The topological polar surface area (TPSA) is 69.3 Å². The highest BCUT2D eigenvalue weighted by atomic mass is 32.1. The van der Waals surface area contributed by atoms with E-state index in [9.17, 15) is 9.59 Å². The third-order valence-corrected chi connectivity index (χ3v) is 7.04. The molecule has 154 valence electrons. The van der Waals surface area contributed by atoms with Crippen LogP contribution in [0.5, 0.6) is 0 Å². The number of carbonyl (C=O) groups excluding carboxylic acids is 2. The summed E-state index contributed by atoms with van der Waals surface area (Å²) < 4.78 is 0. The number of amides is 2. The Balaban J connectivity index is 1.20. The van der Waals surface area contributed by atoms with Gasteiger partial charge in [-0.3, -0.25) is 9.59 Å². The van der Waals surface area contributed by atoms with Crippen LogP contribution in [0.4, 0.5) is 0 Å². The molecule has 7 heteroatoms. The lowest BCUT2D eigenvalue weighted by molar-refractivity contribution is -0.136. The van der Waals surface area contributed by atoms with Crippen molar-refractivity contribution in [1.29, 1.82) is 0 Å². The number of nitrogens with zero attached hydrogens (tertiary/aromatic N) is 3. The number of carbonyl (C=O) groups is 2. The van der Waals surface area contributed by atoms with E-state index in [0.29, 0.717) is 19.6 Å². The molecule has 0 aliphatic carbocycles. The Morgan fingerprint density at radius 2 is 1.97 bits per heavy atom. The summed E-state index contributed by atoms with van der Waals surface area (Å²) in [5.41, 5.74) is 3.36. The zero-order chi connectivity index (χ0) is 20.5. The Hall–Kier alpha value is -2.93. The second-order valence-electron chi connectivity index (χ2n) is 7.91. The summed E-state index contributed by atoms with van der Waals surface area (Å²) in [5.74, 6) is 0.341. The van der Waals surface area contributed by atoms with Gasteiger partial charge in [0.1, 0.15) is 5.65 Å². The Morgan fingerprint density at radius 3 is 2.70 bits per heavy atom. The second-order valence-corrected chi connectivity index (χ2v) is 8.86. The molecule has 2 aliphatic rings. The quantitative estimate of drug-likeness (QED) is 0.701. The van der Waals surface area contributed by atoms with Gasteiger partial charge in [-0.1, -0.05) is 12.1 Å². The number of aromatic amines is 1. The molecule has 6 nitrogen and oxygen atoms in total. The third kappa shape index (κ3) is 3.54. The zero-order valence-electron chi connectivity index (χ0n) is 16.7. The van der Waals surface area contributed by atoms with Gasteiger partial charge in [-0.15, -0.1) is 11.3 Å². The molecule has 3 aromatic heterocycles. The molecule has 5 rings (SSSR count). The maximum absolute atomic E-state index is 13.0. The van der Waals surface area contributed by atoms with Gasteiger partial charge in [0.25, 0.3) is 5.91 Å². The Kier molecular flexibility index (Phi) is 5.12. The van der Waals surface area contributed by atoms with Crippen LogP contribution in [-0.4, -0.2) is 57.8 Å². The molecule has 0 aromatic carbocycles. The Labute approximate surface area is 179 Å². The first-order valence-corrected chi connectivity index (χ1v) is 11.3. The molecule has 1 fully saturated rings. The zero-order valence-corrected chi connectivity index (χ0v) is 17.5. The van der Waals surface area contributed by atoms with Crippen LogP contribution in [0.25, 0.3) is 16.6 Å². The van der Waals surface area contributed by atoms with E-state index in [0.717, 1.165) is 41.7 Å². The highest BCUT2D eigenvalue weighted by Gasteiger charge is 2.31. The number of hydrogen-bond donors (Lipinski definition) is 1. The largest absolute Gasteiger partial charge is 0.346 e. The van der Waals surface area contributed by atoms with E-state index in [-0.39, 0.29) is 17.7 Å². The number of hydrogen-bond acceptors (Lipinski definition) is 4. The van der Waals surface area contributed by atoms with Crippen LogP contribution in [-0.2, 0) is 4.79 Å². The number of aromatic nitrogens is 2. The van der Waals surface area contributed by atoms with Gasteiger partial charge in [0, 0.05) is 55.4 Å². The van der Waals surface area contributed by atoms with Crippen LogP contribution < -0.4 is 0 Å². The van der Waals surface area contributed by atoms with Gasteiger partial charge in [-0.25, -0.2) is 4.98 Å². The number of rotatable bonds is 3. The van der Waals surface area contributed by atoms with E-state index in [1.54, 1.807) is 6.20 Å². The first-order valence-electron chi connectivity index (χ1n) is 10.4. The molecule has 0 radical (unpaired) electrons. The van der Waals surface area contributed by atoms with Crippen molar-refractivity contribution in [3.8, 4) is 0 Å². The van der Waals surface area contributed by atoms with Crippen LogP contribution in [0.1, 0.15) is 34.5 Å². The molecule has 0 saturated carbocycles. The Morgan fingerprint density at radius 1 is 1.10 bits per heavy atom. The van der Waals surface area contributed by atoms with Crippen molar-refractivity contribution < 1.29 is 9.59 Å². The van der Waals surface area contributed by atoms with Crippen molar-refractivity contribution >= 4 is 39.8 Å². The van der Waals surface area contributed by atoms with Crippen molar-refractivity contribution in [1.82, 2.24) is 19.8 Å². The lowest BCUT2D eigenvalue weighted by atomic mass is 9.93. The summed E-state index contributed by atoms with van der Waals surface area (Å²) in [4.78, 5) is 37.8. The SMILES string of the molecule is O=C(c1cccs1)N1CCC(C(=O)N2CC=C(c3c[nH]c4ncccc34)CC2)CC1. The van der Waals surface area contributed by atoms with Crippen LogP contribution in [0.2, 0.25) is 0 Å². The normalized spacial score (nSPS) is 17.9. The van der Waals surface area contributed by atoms with E-state index in [1.165, 1.54) is 22.5 Å². The fraction of sp³-hybridized carbons (Fsp3) is 0.348. The molecular formula is C23H24N4O2S. The van der Waals surface area contributed by atoms with Gasteiger partial charge in [0.15, 0.2) is 0 Å². The molecule has 1 saturated heterocycles. The van der Waals surface area contributed by atoms with Crippen LogP contribution in [0.3, 0.4) is 0 Å². The van der Waals surface area contributed by atoms with Crippen molar-refractivity contribution in [2.45, 2.75) is 19.3 Å². The summed E-state index contributed by atoms with van der Waals surface area (Å²) in [6.45, 7) is 2.70. The fourth-order valence-corrected chi connectivity index (χ4v) is 5.17. The highest BCUT2D eigenvalue weighted by molar-refractivity contribution is 7.12. The standard InChI is InChI=1S/C23H24N4O2S/c28-22(17-7-12-27(13-8-17)23(29)20-4-2-14-30-20)26-10-5-16(6-11-26)19-15-25-21-18(19)3-1-9-24-21/h1-5,9,14-15,17H,6-8,10-13H2,(H,24,25). The van der Waals surface area contributed by atoms with Gasteiger partial charge in [0.2, 0.25) is 5.91 Å². The predicted octanol–water partition coefficient (Wildman–Crippen LogP) is 3.79. The summed E-state index contributed by atoms with van der Waals surface area (Å²) in [6, 6.07) is 7.80. The smallest absolute Gasteiger partial charge is 0.263 e. The molecule has 0 atom stereocenters. The molecule has 0 spiro atoms. The van der Waals surface area contributed by atoms with E-state index in [2.05, 4.69) is 22.1 Å². The van der Waals surface area contributed by atoms with Crippen LogP contribution in [0, 0.1) is 5.92 Å². The number of H-pyrrole nitrogens is 1. The van der Waals surface area contributed by atoms with Gasteiger partial charge >= 0.3 is 0 Å². The number of fused-ring (bicyclic) bond motifs is 1. The average molecular weight is 421 g/mol. The van der Waals surface area contributed by atoms with E-state index >= 15 is 0 Å². The van der Waals surface area contributed by atoms with E-state index in [4.69, 9.17) is 0 Å². The first-order chi connectivity index (χ1) is 14.7. The molecule has 5 heterocycles. The Bertz CT molecular complexity index is 1090. The predicted molar refractivity (Wildman–Crippen MR) is 118 cm³/mol. The first kappa shape index (κ1) is 19.1. The minimum atomic E-state index is 0.0182. The van der Waals surface area contributed by atoms with Crippen molar-refractivity contribution in [3.05, 3.63) is 58.6 Å². The molecule has 1 N–H and O–H groups in total. The van der Waals surface area contributed by atoms with Crippen LogP contribution in [0.15, 0.2) is 48.1 Å². The number of piperidine rings is 1. The number of likely N-dealkylation sites (tertiary alicyclic amines) is 1. The van der Waals surface area contributed by atoms with Gasteiger partial charge < -0.3 is 14.8 Å². The molecular weight excluding hydrogens is 396 g/mol. The minimum Gasteiger partial charge on any atom is -0.346 e. The van der Waals surface area contributed by atoms with Crippen molar-refractivity contribution in [3.63, 3.8) is 0 Å². The van der Waals surface area contributed by atoms with Gasteiger partial charge in [-0.05, 0) is 48.4 Å². The minimum absolute atomic E-state index is 0.0182. The molecule has 30 heavy (non-hydrogen) atoms. The number of thiophene rings is 1. The molecule has 2 aliphatic heterocycles.